The summed E-state index contributed by atoms with van der Waals surface area (Å²) in [5.74, 6) is -7.01. The number of nitrogens with one attached hydrogen (secondary N) is 2. The molecule has 4 atom stereocenters. The number of amides is 1. The van der Waals surface area contributed by atoms with Crippen LogP contribution in [0.15, 0.2) is 23.0 Å². The van der Waals surface area contributed by atoms with Crippen molar-refractivity contribution in [2.75, 3.05) is 45.3 Å². The molecule has 3 aliphatic rings. The molecular formula is C28H39N5O8. The third-order valence-electron chi connectivity index (χ3n) is 8.04. The van der Waals surface area contributed by atoms with Crippen LogP contribution >= 0.6 is 0 Å². The third kappa shape index (κ3) is 4.82. The molecule has 2 unspecified atom stereocenters. The molecule has 0 saturated heterocycles. The average Bonchev–Trinajstić information content (AvgIpc) is 2.83. The number of aliphatic hydroxyl groups excluding tert-OH is 2. The van der Waals surface area contributed by atoms with Gasteiger partial charge in [0.25, 0.3) is 5.91 Å². The van der Waals surface area contributed by atoms with Crippen molar-refractivity contribution < 1.29 is 39.6 Å². The summed E-state index contributed by atoms with van der Waals surface area (Å²) in [5, 5.41) is 48.6. The van der Waals surface area contributed by atoms with Crippen molar-refractivity contribution >= 4 is 34.6 Å². The highest BCUT2D eigenvalue weighted by Gasteiger charge is 2.64. The molecule has 3 aliphatic carbocycles. The summed E-state index contributed by atoms with van der Waals surface area (Å²) in [4.78, 5) is 48.1. The number of carbonyl (C=O) groups is 3. The Balaban J connectivity index is 1.87. The summed E-state index contributed by atoms with van der Waals surface area (Å²) in [5.41, 5.74) is 5.36. The molecule has 1 amide bonds. The van der Waals surface area contributed by atoms with E-state index in [1.807, 2.05) is 20.8 Å². The maximum absolute atomic E-state index is 14.0. The van der Waals surface area contributed by atoms with E-state index in [1.54, 1.807) is 39.2 Å². The summed E-state index contributed by atoms with van der Waals surface area (Å²) in [6.07, 6.45) is 0.198. The van der Waals surface area contributed by atoms with Gasteiger partial charge in [0.05, 0.1) is 11.6 Å². The molecule has 13 heteroatoms. The first-order valence-electron chi connectivity index (χ1n) is 13.3. The first kappa shape index (κ1) is 30.3. The second-order valence-electron chi connectivity index (χ2n) is 12.3. The van der Waals surface area contributed by atoms with Crippen molar-refractivity contribution in [2.24, 2.45) is 17.6 Å². The Hall–Kier alpha value is -3.65. The number of aromatic hydroxyl groups is 1. The molecule has 0 spiro atoms. The van der Waals surface area contributed by atoms with Crippen molar-refractivity contribution in [2.45, 2.75) is 50.8 Å². The van der Waals surface area contributed by atoms with E-state index in [9.17, 15) is 34.8 Å². The fourth-order valence-electron chi connectivity index (χ4n) is 6.14. The Bertz CT molecular complexity index is 1380. The minimum atomic E-state index is -2.69. The number of ketones is 2. The Morgan fingerprint density at radius 1 is 1.17 bits per heavy atom. The highest BCUT2D eigenvalue weighted by atomic mass is 16.7. The minimum absolute atomic E-state index is 0.0149. The van der Waals surface area contributed by atoms with Gasteiger partial charge in [-0.2, -0.15) is 0 Å². The number of phenols is 1. The predicted molar refractivity (Wildman–Crippen MR) is 151 cm³/mol. The molecular weight excluding hydrogens is 534 g/mol. The van der Waals surface area contributed by atoms with Crippen LogP contribution in [-0.4, -0.2) is 94.9 Å². The number of primary amides is 1. The molecule has 13 nitrogen and oxygen atoms in total. The molecule has 1 aromatic carbocycles. The Labute approximate surface area is 238 Å². The van der Waals surface area contributed by atoms with E-state index < -0.39 is 58.0 Å². The third-order valence-corrected chi connectivity index (χ3v) is 8.04. The number of rotatable bonds is 7. The molecule has 0 heterocycles. The van der Waals surface area contributed by atoms with Gasteiger partial charge in [-0.25, -0.2) is 0 Å². The van der Waals surface area contributed by atoms with E-state index in [1.165, 1.54) is 4.90 Å². The molecule has 41 heavy (non-hydrogen) atoms. The zero-order valence-electron chi connectivity index (χ0n) is 24.3. The molecule has 0 aliphatic heterocycles. The molecule has 1 aromatic rings. The smallest absolute Gasteiger partial charge is 0.255 e. The molecule has 0 aromatic heterocycles. The number of hydrogen-bond acceptors (Lipinski definition) is 12. The SMILES string of the molecule is CN(C)c1cc(NOCNC(C)(C)C)c(O)c2c1CC1CC3[C@H](N(C)C)C(=O)C(C(N)=O)=C(O)[C@@]3(O)C(=O)C1=C2O. The van der Waals surface area contributed by atoms with Gasteiger partial charge in [0.2, 0.25) is 5.78 Å². The molecule has 4 rings (SSSR count). The fourth-order valence-corrected chi connectivity index (χ4v) is 6.14. The molecule has 1 saturated carbocycles. The number of nitrogens with zero attached hydrogens (tertiary/aromatic N) is 2. The molecule has 1 fully saturated rings. The van der Waals surface area contributed by atoms with E-state index in [0.29, 0.717) is 11.3 Å². The molecule has 224 valence electrons. The largest absolute Gasteiger partial charge is 0.508 e. The second kappa shape index (κ2) is 10.3. The summed E-state index contributed by atoms with van der Waals surface area (Å²) in [6, 6.07) is 0.518. The lowest BCUT2D eigenvalue weighted by molar-refractivity contribution is -0.153. The van der Waals surface area contributed by atoms with Gasteiger partial charge in [0.15, 0.2) is 17.1 Å². The number of aliphatic hydroxyl groups is 3. The summed E-state index contributed by atoms with van der Waals surface area (Å²) < 4.78 is 0. The quantitative estimate of drug-likeness (QED) is 0.0794. The van der Waals surface area contributed by atoms with Gasteiger partial charge < -0.3 is 31.1 Å². The van der Waals surface area contributed by atoms with Crippen LogP contribution in [0.4, 0.5) is 11.4 Å². The number of fused-ring (bicyclic) bond motifs is 3. The number of nitrogens with two attached hydrogens (primary N) is 1. The highest BCUT2D eigenvalue weighted by molar-refractivity contribution is 6.24. The standard InChI is InChI=1S/C28H39N5O8/c1-27(2,3)30-11-41-31-15-10-16(32(4)5)13-8-12-9-14-20(33(6)7)23(36)19(26(29)39)25(38)28(14,40)24(37)17(12)22(35)18(13)21(15)34/h10,12,14,20,30-31,34-35,38,40H,8-9,11H2,1-7H3,(H2,29,39)/t12?,14?,20-,28-/m0/s1. The van der Waals surface area contributed by atoms with E-state index in [2.05, 4.69) is 10.8 Å². The second-order valence-corrected chi connectivity index (χ2v) is 12.3. The van der Waals surface area contributed by atoms with Gasteiger partial charge >= 0.3 is 0 Å². The number of Topliss-reactive ketones (excluding diaryl/α,β-unsaturated/α-hetero) is 2. The molecule has 0 radical (unpaired) electrons. The number of carbonyl (C=O) groups excluding carboxylic acids is 3. The number of likely N-dealkylation sites (N-methyl/N-ethyl adjacent to an activating group) is 1. The van der Waals surface area contributed by atoms with E-state index >= 15 is 0 Å². The van der Waals surface area contributed by atoms with Crippen LogP contribution in [0, 0.1) is 11.8 Å². The Morgan fingerprint density at radius 3 is 2.34 bits per heavy atom. The monoisotopic (exact) mass is 573 g/mol. The van der Waals surface area contributed by atoms with E-state index in [0.717, 1.165) is 0 Å². The van der Waals surface area contributed by atoms with E-state index in [4.69, 9.17) is 10.6 Å². The Morgan fingerprint density at radius 2 is 1.80 bits per heavy atom. The molecule has 8 N–H and O–H groups in total. The number of hydrogen-bond donors (Lipinski definition) is 7. The van der Waals surface area contributed by atoms with Gasteiger partial charge in [0, 0.05) is 36.8 Å². The van der Waals surface area contributed by atoms with Gasteiger partial charge in [0.1, 0.15) is 29.5 Å². The first-order chi connectivity index (χ1) is 18.9. The van der Waals surface area contributed by atoms with Crippen molar-refractivity contribution in [1.29, 1.82) is 0 Å². The fraction of sp³-hybridized carbons (Fsp3) is 0.536. The van der Waals surface area contributed by atoms with Crippen LogP contribution in [0.25, 0.3) is 5.76 Å². The van der Waals surface area contributed by atoms with Crippen molar-refractivity contribution in [3.63, 3.8) is 0 Å². The number of benzene rings is 1. The van der Waals surface area contributed by atoms with Gasteiger partial charge in [-0.05, 0) is 65.3 Å². The first-order valence-corrected chi connectivity index (χ1v) is 13.3. The van der Waals surface area contributed by atoms with Crippen LogP contribution in [0.2, 0.25) is 0 Å². The summed E-state index contributed by atoms with van der Waals surface area (Å²) >= 11 is 0. The van der Waals surface area contributed by atoms with Crippen LogP contribution < -0.4 is 21.4 Å². The van der Waals surface area contributed by atoms with Crippen molar-refractivity contribution in [3.05, 3.63) is 34.1 Å². The zero-order valence-corrected chi connectivity index (χ0v) is 24.3. The average molecular weight is 574 g/mol. The van der Waals surface area contributed by atoms with Crippen LogP contribution in [0.5, 0.6) is 5.75 Å². The lowest BCUT2D eigenvalue weighted by Crippen LogP contribution is -2.65. The topological polar surface area (TPSA) is 198 Å². The summed E-state index contributed by atoms with van der Waals surface area (Å²) in [7, 11) is 6.69. The van der Waals surface area contributed by atoms with Gasteiger partial charge in [-0.1, -0.05) is 0 Å². The van der Waals surface area contributed by atoms with Crippen LogP contribution in [0.3, 0.4) is 0 Å². The zero-order chi connectivity index (χ0) is 30.8. The Kier molecular flexibility index (Phi) is 7.63. The van der Waals surface area contributed by atoms with Gasteiger partial charge in [-0.15, -0.1) is 0 Å². The lowest BCUT2D eigenvalue weighted by atomic mass is 9.57. The number of phenolic OH excluding ortho intramolecular Hbond substituents is 1. The van der Waals surface area contributed by atoms with E-state index in [-0.39, 0.29) is 47.7 Å². The normalized spacial score (nSPS) is 26.1. The number of anilines is 2. The van der Waals surface area contributed by atoms with Crippen molar-refractivity contribution in [1.82, 2.24) is 10.2 Å². The highest BCUT2D eigenvalue weighted by Crippen LogP contribution is 2.54. The van der Waals surface area contributed by atoms with Crippen molar-refractivity contribution in [3.8, 4) is 5.75 Å². The maximum atomic E-state index is 14.0. The van der Waals surface area contributed by atoms with Gasteiger partial charge in [-0.3, -0.25) is 34.9 Å². The minimum Gasteiger partial charge on any atom is -0.508 e. The molecule has 0 bridgehead atoms. The maximum Gasteiger partial charge on any atom is 0.255 e. The predicted octanol–water partition coefficient (Wildman–Crippen LogP) is 0.719. The van der Waals surface area contributed by atoms with Crippen LogP contribution in [-0.2, 0) is 25.6 Å². The lowest BCUT2D eigenvalue weighted by Gasteiger charge is -2.50. The van der Waals surface area contributed by atoms with Crippen LogP contribution in [0.1, 0.15) is 38.3 Å². The summed E-state index contributed by atoms with van der Waals surface area (Å²) in [6.45, 7) is 5.97.